The number of rotatable bonds is 7. The van der Waals surface area contributed by atoms with E-state index in [1.807, 2.05) is 19.9 Å². The van der Waals surface area contributed by atoms with Gasteiger partial charge in [-0.05, 0) is 42.8 Å². The van der Waals surface area contributed by atoms with Gasteiger partial charge in [-0.3, -0.25) is 4.99 Å². The predicted octanol–water partition coefficient (Wildman–Crippen LogP) is 3.48. The molecule has 1 rings (SSSR count). The molecule has 1 aliphatic rings. The number of halogens is 2. The van der Waals surface area contributed by atoms with Crippen LogP contribution in [0.25, 0.3) is 0 Å². The zero-order valence-electron chi connectivity index (χ0n) is 12.6. The van der Waals surface area contributed by atoms with E-state index < -0.39 is 6.43 Å². The fourth-order valence-electron chi connectivity index (χ4n) is 2.11. The topological polar surface area (TPSA) is 41.6 Å². The summed E-state index contributed by atoms with van der Waals surface area (Å²) in [6, 6.07) is 0. The molecule has 0 saturated carbocycles. The largest absolute Gasteiger partial charge is 0.340 e. The molecule has 0 radical (unpaired) electrons. The fraction of sp³-hybridized carbons (Fsp3) is 0.438. The molecule has 116 valence electrons. The lowest BCUT2D eigenvalue weighted by Gasteiger charge is -2.29. The number of aliphatic imine (C=N–C) groups is 1. The lowest BCUT2D eigenvalue weighted by atomic mass is 9.85. The Labute approximate surface area is 125 Å². The van der Waals surface area contributed by atoms with Crippen LogP contribution in [0.5, 0.6) is 0 Å². The average Bonchev–Trinajstić information content (AvgIpc) is 2.41. The highest BCUT2D eigenvalue weighted by Crippen LogP contribution is 2.29. The first kappa shape index (κ1) is 17.3. The average molecular weight is 295 g/mol. The molecule has 5 heteroatoms. The second-order valence-corrected chi connectivity index (χ2v) is 5.76. The maximum Gasteiger partial charge on any atom is 0.256 e. The minimum absolute atomic E-state index is 0.0775. The summed E-state index contributed by atoms with van der Waals surface area (Å²) in [6.07, 6.45) is 5.20. The Morgan fingerprint density at radius 3 is 2.62 bits per heavy atom. The van der Waals surface area contributed by atoms with Crippen molar-refractivity contribution in [1.29, 1.82) is 0 Å². The van der Waals surface area contributed by atoms with Crippen LogP contribution in [0.3, 0.4) is 0 Å². The van der Waals surface area contributed by atoms with Crippen molar-refractivity contribution in [2.75, 3.05) is 13.1 Å². The van der Waals surface area contributed by atoms with Crippen molar-refractivity contribution in [3.63, 3.8) is 0 Å². The molecular formula is C16H23F2N3. The molecule has 3 nitrogen and oxygen atoms in total. The van der Waals surface area contributed by atoms with E-state index in [0.717, 1.165) is 12.0 Å². The molecule has 0 spiro atoms. The quantitative estimate of drug-likeness (QED) is 0.731. The van der Waals surface area contributed by atoms with Gasteiger partial charge in [-0.25, -0.2) is 8.78 Å². The van der Waals surface area contributed by atoms with Crippen molar-refractivity contribution < 1.29 is 8.78 Å². The van der Waals surface area contributed by atoms with Crippen molar-refractivity contribution in [1.82, 2.24) is 4.90 Å². The van der Waals surface area contributed by atoms with Gasteiger partial charge >= 0.3 is 0 Å². The molecule has 0 amide bonds. The van der Waals surface area contributed by atoms with Crippen molar-refractivity contribution in [2.45, 2.75) is 26.7 Å². The number of nitrogens with zero attached hydrogens (tertiary/aromatic N) is 2. The molecular weight excluding hydrogens is 272 g/mol. The molecule has 0 aromatic rings. The summed E-state index contributed by atoms with van der Waals surface area (Å²) < 4.78 is 25.6. The lowest BCUT2D eigenvalue weighted by Crippen LogP contribution is -2.28. The Hall–Kier alpha value is -1.75. The Bertz CT molecular complexity index is 478. The van der Waals surface area contributed by atoms with Crippen LogP contribution in [0.4, 0.5) is 8.78 Å². The summed E-state index contributed by atoms with van der Waals surface area (Å²) in [5.41, 5.74) is 7.67. The van der Waals surface area contributed by atoms with Crippen LogP contribution in [0.15, 0.2) is 53.0 Å². The van der Waals surface area contributed by atoms with E-state index in [-0.39, 0.29) is 12.0 Å². The van der Waals surface area contributed by atoms with Crippen molar-refractivity contribution in [3.8, 4) is 0 Å². The van der Waals surface area contributed by atoms with Gasteiger partial charge in [-0.15, -0.1) is 0 Å². The molecule has 0 aromatic carbocycles. The molecule has 2 N–H and O–H groups in total. The minimum atomic E-state index is -2.44. The third-order valence-electron chi connectivity index (χ3n) is 3.28. The molecule has 21 heavy (non-hydrogen) atoms. The maximum absolute atomic E-state index is 12.8. The van der Waals surface area contributed by atoms with Crippen LogP contribution in [-0.4, -0.2) is 31.1 Å². The third-order valence-corrected chi connectivity index (χ3v) is 3.28. The van der Waals surface area contributed by atoms with Gasteiger partial charge in [-0.1, -0.05) is 26.5 Å². The van der Waals surface area contributed by atoms with Gasteiger partial charge in [0.05, 0.1) is 17.9 Å². The molecule has 0 saturated heterocycles. The van der Waals surface area contributed by atoms with Gasteiger partial charge in [0.1, 0.15) is 0 Å². The first-order valence-electron chi connectivity index (χ1n) is 6.80. The molecule has 1 heterocycles. The van der Waals surface area contributed by atoms with Crippen molar-refractivity contribution >= 4 is 6.72 Å². The van der Waals surface area contributed by atoms with Gasteiger partial charge in [0.25, 0.3) is 6.43 Å². The van der Waals surface area contributed by atoms with Gasteiger partial charge < -0.3 is 10.6 Å². The normalized spacial score (nSPS) is 17.8. The van der Waals surface area contributed by atoms with Gasteiger partial charge in [0.15, 0.2) is 0 Å². The number of hydrogen-bond donors (Lipinski definition) is 1. The second kappa shape index (κ2) is 7.31. The van der Waals surface area contributed by atoms with Crippen LogP contribution in [-0.2, 0) is 0 Å². The van der Waals surface area contributed by atoms with E-state index >= 15 is 0 Å². The van der Waals surface area contributed by atoms with Crippen molar-refractivity contribution in [2.24, 2.45) is 16.1 Å². The van der Waals surface area contributed by atoms with Crippen LogP contribution in [0.1, 0.15) is 20.3 Å². The first-order chi connectivity index (χ1) is 9.82. The zero-order chi connectivity index (χ0) is 16.0. The summed E-state index contributed by atoms with van der Waals surface area (Å²) in [7, 11) is 0. The minimum Gasteiger partial charge on any atom is -0.340 e. The third kappa shape index (κ3) is 4.93. The summed E-state index contributed by atoms with van der Waals surface area (Å²) in [6.45, 7) is 11.3. The highest BCUT2D eigenvalue weighted by atomic mass is 19.3. The first-order valence-corrected chi connectivity index (χ1v) is 6.80. The second-order valence-electron chi connectivity index (χ2n) is 5.76. The summed E-state index contributed by atoms with van der Waals surface area (Å²) in [4.78, 5) is 5.33. The summed E-state index contributed by atoms with van der Waals surface area (Å²) in [5, 5.41) is 0. The Kier molecular flexibility index (Phi) is 6.03. The van der Waals surface area contributed by atoms with E-state index in [1.54, 1.807) is 12.3 Å². The van der Waals surface area contributed by atoms with E-state index in [0.29, 0.717) is 17.9 Å². The molecule has 0 atom stereocenters. The maximum atomic E-state index is 12.8. The Morgan fingerprint density at radius 2 is 2.14 bits per heavy atom. The Balaban J connectivity index is 3.09. The van der Waals surface area contributed by atoms with E-state index in [1.165, 1.54) is 11.0 Å². The van der Waals surface area contributed by atoms with Crippen LogP contribution < -0.4 is 5.73 Å². The van der Waals surface area contributed by atoms with E-state index in [9.17, 15) is 8.78 Å². The Morgan fingerprint density at radius 1 is 1.48 bits per heavy atom. The van der Waals surface area contributed by atoms with Crippen molar-refractivity contribution in [3.05, 3.63) is 48.0 Å². The fourth-order valence-corrected chi connectivity index (χ4v) is 2.11. The SMILES string of the molecule is C=C/C(N=C)=C1\C=CC(CC(C)(C)CN)=CN1CC(F)F. The number of allylic oxidation sites excluding steroid dienone is 4. The lowest BCUT2D eigenvalue weighted by molar-refractivity contribution is 0.119. The number of hydrogen-bond acceptors (Lipinski definition) is 3. The molecule has 0 aliphatic carbocycles. The van der Waals surface area contributed by atoms with Gasteiger partial charge in [0, 0.05) is 6.20 Å². The van der Waals surface area contributed by atoms with E-state index in [4.69, 9.17) is 5.73 Å². The number of alkyl halides is 2. The highest BCUT2D eigenvalue weighted by molar-refractivity contribution is 5.43. The smallest absolute Gasteiger partial charge is 0.256 e. The molecule has 0 bridgehead atoms. The molecule has 0 fully saturated rings. The molecule has 0 aromatic heterocycles. The molecule has 0 unspecified atom stereocenters. The van der Waals surface area contributed by atoms with E-state index in [2.05, 4.69) is 18.3 Å². The van der Waals surface area contributed by atoms with Crippen LogP contribution in [0, 0.1) is 5.41 Å². The monoisotopic (exact) mass is 295 g/mol. The number of nitrogens with two attached hydrogens (primary N) is 1. The van der Waals surface area contributed by atoms with Gasteiger partial charge in [-0.2, -0.15) is 0 Å². The zero-order valence-corrected chi connectivity index (χ0v) is 12.6. The highest BCUT2D eigenvalue weighted by Gasteiger charge is 2.22. The van der Waals surface area contributed by atoms with Crippen LogP contribution >= 0.6 is 0 Å². The van der Waals surface area contributed by atoms with Gasteiger partial charge in [0.2, 0.25) is 0 Å². The summed E-state index contributed by atoms with van der Waals surface area (Å²) >= 11 is 0. The predicted molar refractivity (Wildman–Crippen MR) is 84.2 cm³/mol. The van der Waals surface area contributed by atoms with Crippen LogP contribution in [0.2, 0.25) is 0 Å². The summed E-state index contributed by atoms with van der Waals surface area (Å²) in [5.74, 6) is 0. The molecule has 1 aliphatic heterocycles. The standard InChI is InChI=1S/C16H23F2N3/c1-5-13(20-4)14-7-6-12(8-16(2,3)11-19)9-21(14)10-15(17)18/h5-7,9,15H,1,4,8,10-11,19H2,2-3H3/b14-13-.